The molecule has 30 heavy (non-hydrogen) atoms. The van der Waals surface area contributed by atoms with Crippen LogP contribution in [0.5, 0.6) is 11.5 Å². The van der Waals surface area contributed by atoms with E-state index in [4.69, 9.17) is 9.47 Å². The minimum Gasteiger partial charge on any atom is -0.493 e. The van der Waals surface area contributed by atoms with Gasteiger partial charge >= 0.3 is 0 Å². The molecule has 4 rings (SSSR count). The molecule has 0 spiro atoms. The zero-order valence-corrected chi connectivity index (χ0v) is 17.5. The minimum atomic E-state index is -0.442. The van der Waals surface area contributed by atoms with Gasteiger partial charge in [-0.05, 0) is 40.8 Å². The number of aliphatic hydroxyl groups is 1. The van der Waals surface area contributed by atoms with E-state index in [1.807, 2.05) is 24.3 Å². The summed E-state index contributed by atoms with van der Waals surface area (Å²) in [4.78, 5) is 0. The Bertz CT molecular complexity index is 919. The summed E-state index contributed by atoms with van der Waals surface area (Å²) in [6.45, 7) is 0.762. The molecule has 0 heterocycles. The molecule has 2 atom stereocenters. The number of fused-ring (bicyclic) bond motifs is 1. The smallest absolute Gasteiger partial charge is 0.161 e. The lowest BCUT2D eigenvalue weighted by Gasteiger charge is -2.32. The van der Waals surface area contributed by atoms with Crippen LogP contribution in [-0.4, -0.2) is 38.0 Å². The van der Waals surface area contributed by atoms with Gasteiger partial charge in [0.2, 0.25) is 0 Å². The number of ether oxygens (including phenoxy) is 2. The molecule has 0 unspecified atom stereocenters. The molecule has 4 nitrogen and oxygen atoms in total. The normalized spacial score (nSPS) is 18.1. The van der Waals surface area contributed by atoms with E-state index >= 15 is 0 Å². The molecule has 156 valence electrons. The van der Waals surface area contributed by atoms with Crippen molar-refractivity contribution in [1.29, 1.82) is 0 Å². The fourth-order valence-corrected chi connectivity index (χ4v) is 4.36. The van der Waals surface area contributed by atoms with Gasteiger partial charge in [0.25, 0.3) is 0 Å². The SMILES string of the molecule is COc1cc2c(cc1OC)C[C@H](O)[C@@H](NCC(c1ccccc1)c1ccccc1)C2. The number of hydrogen-bond acceptors (Lipinski definition) is 4. The summed E-state index contributed by atoms with van der Waals surface area (Å²) in [6.07, 6.45) is 0.921. The summed E-state index contributed by atoms with van der Waals surface area (Å²) in [6, 6.07) is 25.1. The number of benzene rings is 3. The lowest BCUT2D eigenvalue weighted by molar-refractivity contribution is 0.119. The van der Waals surface area contributed by atoms with E-state index in [0.29, 0.717) is 12.2 Å². The van der Waals surface area contributed by atoms with Crippen molar-refractivity contribution in [2.45, 2.75) is 30.9 Å². The summed E-state index contributed by atoms with van der Waals surface area (Å²) < 4.78 is 10.9. The molecule has 0 aromatic heterocycles. The first kappa shape index (κ1) is 20.5. The fourth-order valence-electron chi connectivity index (χ4n) is 4.36. The summed E-state index contributed by atoms with van der Waals surface area (Å²) in [5.74, 6) is 1.67. The van der Waals surface area contributed by atoms with E-state index in [1.165, 1.54) is 16.7 Å². The quantitative estimate of drug-likeness (QED) is 0.627. The third-order valence-electron chi connectivity index (χ3n) is 6.03. The second-order valence-electron chi connectivity index (χ2n) is 7.84. The van der Waals surface area contributed by atoms with Crippen LogP contribution in [0.15, 0.2) is 72.8 Å². The molecule has 0 saturated carbocycles. The first-order valence-electron chi connectivity index (χ1n) is 10.4. The molecule has 1 aliphatic rings. The molecule has 1 aliphatic carbocycles. The lowest BCUT2D eigenvalue weighted by atomic mass is 9.85. The Balaban J connectivity index is 1.53. The Labute approximate surface area is 178 Å². The zero-order valence-electron chi connectivity index (χ0n) is 17.5. The third-order valence-corrected chi connectivity index (χ3v) is 6.03. The van der Waals surface area contributed by atoms with E-state index in [0.717, 1.165) is 24.3 Å². The Morgan fingerprint density at radius 3 is 1.83 bits per heavy atom. The highest BCUT2D eigenvalue weighted by Gasteiger charge is 2.29. The van der Waals surface area contributed by atoms with Gasteiger partial charge in [0.15, 0.2) is 11.5 Å². The molecule has 0 saturated heterocycles. The van der Waals surface area contributed by atoms with Crippen LogP contribution in [0.3, 0.4) is 0 Å². The van der Waals surface area contributed by atoms with Crippen LogP contribution in [0.2, 0.25) is 0 Å². The van der Waals surface area contributed by atoms with Gasteiger partial charge < -0.3 is 19.9 Å². The van der Waals surface area contributed by atoms with Gasteiger partial charge in [-0.25, -0.2) is 0 Å². The molecule has 4 heteroatoms. The first-order valence-corrected chi connectivity index (χ1v) is 10.4. The van der Waals surface area contributed by atoms with Crippen molar-refractivity contribution in [3.8, 4) is 11.5 Å². The molecule has 0 bridgehead atoms. The molecule has 3 aromatic rings. The van der Waals surface area contributed by atoms with Crippen LogP contribution in [0.4, 0.5) is 0 Å². The van der Waals surface area contributed by atoms with Gasteiger partial charge in [-0.15, -0.1) is 0 Å². The van der Waals surface area contributed by atoms with E-state index < -0.39 is 6.10 Å². The number of rotatable bonds is 7. The lowest BCUT2D eigenvalue weighted by Crippen LogP contribution is -2.46. The van der Waals surface area contributed by atoms with Crippen molar-refractivity contribution in [3.05, 3.63) is 95.1 Å². The number of nitrogens with one attached hydrogen (secondary N) is 1. The molecule has 0 radical (unpaired) electrons. The van der Waals surface area contributed by atoms with Crippen molar-refractivity contribution < 1.29 is 14.6 Å². The molecule has 0 fully saturated rings. The maximum Gasteiger partial charge on any atom is 0.161 e. The van der Waals surface area contributed by atoms with Crippen molar-refractivity contribution in [1.82, 2.24) is 5.32 Å². The van der Waals surface area contributed by atoms with E-state index in [1.54, 1.807) is 14.2 Å². The van der Waals surface area contributed by atoms with Gasteiger partial charge in [-0.3, -0.25) is 0 Å². The molecular formula is C26H29NO3. The predicted molar refractivity (Wildman–Crippen MR) is 119 cm³/mol. The van der Waals surface area contributed by atoms with Crippen LogP contribution in [0, 0.1) is 0 Å². The topological polar surface area (TPSA) is 50.7 Å². The highest BCUT2D eigenvalue weighted by molar-refractivity contribution is 5.49. The highest BCUT2D eigenvalue weighted by atomic mass is 16.5. The second kappa shape index (κ2) is 9.33. The number of hydrogen-bond donors (Lipinski definition) is 2. The maximum absolute atomic E-state index is 10.8. The molecular weight excluding hydrogens is 374 g/mol. The van der Waals surface area contributed by atoms with E-state index in [2.05, 4.69) is 53.8 Å². The summed E-state index contributed by atoms with van der Waals surface area (Å²) in [5.41, 5.74) is 4.87. The van der Waals surface area contributed by atoms with Crippen LogP contribution in [0.1, 0.15) is 28.2 Å². The standard InChI is InChI=1S/C26H29NO3/c1-29-25-15-20-13-23(24(28)14-21(20)16-26(25)30-2)27-17-22(18-9-5-3-6-10-18)19-11-7-4-8-12-19/h3-12,15-16,22-24,27-28H,13-14,17H2,1-2H3/t23-,24-/m0/s1. The molecule has 0 amide bonds. The molecule has 0 aliphatic heterocycles. The van der Waals surface area contributed by atoms with Crippen LogP contribution >= 0.6 is 0 Å². The van der Waals surface area contributed by atoms with Crippen LogP contribution < -0.4 is 14.8 Å². The summed E-state index contributed by atoms with van der Waals surface area (Å²) in [5, 5.41) is 14.5. The molecule has 2 N–H and O–H groups in total. The van der Waals surface area contributed by atoms with Crippen molar-refractivity contribution >= 4 is 0 Å². The Morgan fingerprint density at radius 1 is 0.833 bits per heavy atom. The van der Waals surface area contributed by atoms with Crippen molar-refractivity contribution in [2.24, 2.45) is 0 Å². The minimum absolute atomic E-state index is 0.00877. The number of aliphatic hydroxyl groups excluding tert-OH is 1. The maximum atomic E-state index is 10.8. The monoisotopic (exact) mass is 403 g/mol. The van der Waals surface area contributed by atoms with Gasteiger partial charge in [0.1, 0.15) is 0 Å². The average Bonchev–Trinajstić information content (AvgIpc) is 2.80. The highest BCUT2D eigenvalue weighted by Crippen LogP contribution is 2.34. The first-order chi connectivity index (χ1) is 14.7. The van der Waals surface area contributed by atoms with Gasteiger partial charge in [-0.1, -0.05) is 60.7 Å². The average molecular weight is 404 g/mol. The number of methoxy groups -OCH3 is 2. The Morgan fingerprint density at radius 2 is 1.33 bits per heavy atom. The van der Waals surface area contributed by atoms with Gasteiger partial charge in [-0.2, -0.15) is 0 Å². The second-order valence-corrected chi connectivity index (χ2v) is 7.84. The Hall–Kier alpha value is -2.82. The van der Waals surface area contributed by atoms with Gasteiger partial charge in [0, 0.05) is 24.9 Å². The summed E-state index contributed by atoms with van der Waals surface area (Å²) in [7, 11) is 3.29. The van der Waals surface area contributed by atoms with E-state index in [9.17, 15) is 5.11 Å². The summed E-state index contributed by atoms with van der Waals surface area (Å²) >= 11 is 0. The predicted octanol–water partition coefficient (Wildman–Crippen LogP) is 3.95. The largest absolute Gasteiger partial charge is 0.493 e. The molecule has 3 aromatic carbocycles. The van der Waals surface area contributed by atoms with Crippen LogP contribution in [-0.2, 0) is 12.8 Å². The van der Waals surface area contributed by atoms with Crippen LogP contribution in [0.25, 0.3) is 0 Å². The zero-order chi connectivity index (χ0) is 20.9. The van der Waals surface area contributed by atoms with Crippen molar-refractivity contribution in [3.63, 3.8) is 0 Å². The van der Waals surface area contributed by atoms with Crippen molar-refractivity contribution in [2.75, 3.05) is 20.8 Å². The Kier molecular flexibility index (Phi) is 6.36. The third kappa shape index (κ3) is 4.35. The van der Waals surface area contributed by atoms with Gasteiger partial charge in [0.05, 0.1) is 20.3 Å². The van der Waals surface area contributed by atoms with E-state index in [-0.39, 0.29) is 12.0 Å². The fraction of sp³-hybridized carbons (Fsp3) is 0.308.